The Morgan fingerprint density at radius 2 is 2.43 bits per heavy atom. The molecule has 0 fully saturated rings. The van der Waals surface area contributed by atoms with E-state index in [1.54, 1.807) is 30.6 Å². The third-order valence-corrected chi connectivity index (χ3v) is 1.77. The summed E-state index contributed by atoms with van der Waals surface area (Å²) >= 11 is 5.70. The summed E-state index contributed by atoms with van der Waals surface area (Å²) in [4.78, 5) is 3.86. The number of aromatic nitrogens is 1. The number of hydrogen-bond donors (Lipinski definition) is 2. The van der Waals surface area contributed by atoms with Crippen LogP contribution in [0.15, 0.2) is 43.3 Å². The molecular weight excluding hydrogens is 198 g/mol. The molecule has 0 radical (unpaired) electrons. The van der Waals surface area contributed by atoms with Crippen LogP contribution < -0.4 is 11.1 Å². The molecule has 0 aliphatic rings. The second-order valence-electron chi connectivity index (χ2n) is 2.68. The Balaban J connectivity index is 2.53. The molecule has 0 aliphatic carbocycles. The lowest BCUT2D eigenvalue weighted by atomic mass is 10.3. The topological polar surface area (TPSA) is 50.9 Å². The Morgan fingerprint density at radius 3 is 3.07 bits per heavy atom. The molecule has 1 rings (SSSR count). The normalized spacial score (nSPS) is 12.7. The molecule has 1 aromatic heterocycles. The van der Waals surface area contributed by atoms with Crippen molar-refractivity contribution in [1.29, 1.82) is 0 Å². The van der Waals surface area contributed by atoms with Crippen molar-refractivity contribution in [2.75, 3.05) is 5.32 Å². The molecule has 1 heterocycles. The Bertz CT molecular complexity index is 336. The van der Waals surface area contributed by atoms with Gasteiger partial charge < -0.3 is 11.1 Å². The summed E-state index contributed by atoms with van der Waals surface area (Å²) in [6.07, 6.45) is 6.82. The van der Waals surface area contributed by atoms with Crippen LogP contribution in [-0.2, 0) is 0 Å². The van der Waals surface area contributed by atoms with Crippen LogP contribution in [0.3, 0.4) is 0 Å². The predicted octanol–water partition coefficient (Wildman–Crippen LogP) is 2.17. The number of nitrogens with one attached hydrogen (secondary N) is 1. The molecule has 0 saturated heterocycles. The molecule has 0 bridgehead atoms. The SMILES string of the molecule is C=CC(N)/C=C/Nc1ccnc(Cl)c1. The first-order valence-corrected chi connectivity index (χ1v) is 4.53. The van der Waals surface area contributed by atoms with E-state index < -0.39 is 0 Å². The van der Waals surface area contributed by atoms with Crippen molar-refractivity contribution in [2.24, 2.45) is 5.73 Å². The van der Waals surface area contributed by atoms with Crippen LogP contribution in [0, 0.1) is 0 Å². The summed E-state index contributed by atoms with van der Waals surface area (Å²) in [6.45, 7) is 3.57. The highest BCUT2D eigenvalue weighted by atomic mass is 35.5. The van der Waals surface area contributed by atoms with Crippen LogP contribution >= 0.6 is 11.6 Å². The van der Waals surface area contributed by atoms with Crippen LogP contribution in [-0.4, -0.2) is 11.0 Å². The van der Waals surface area contributed by atoms with Crippen molar-refractivity contribution in [3.63, 3.8) is 0 Å². The first-order valence-electron chi connectivity index (χ1n) is 4.15. The summed E-state index contributed by atoms with van der Waals surface area (Å²) < 4.78 is 0. The standard InChI is InChI=1S/C10H12ClN3/c1-2-8(12)3-5-13-9-4-6-14-10(11)7-9/h2-8H,1,12H2,(H,13,14)/b5-3+. The lowest BCUT2D eigenvalue weighted by molar-refractivity contribution is 1.03. The van der Waals surface area contributed by atoms with E-state index in [0.29, 0.717) is 5.15 Å². The first kappa shape index (κ1) is 10.8. The molecule has 1 aromatic rings. The van der Waals surface area contributed by atoms with Gasteiger partial charge in [0.25, 0.3) is 0 Å². The van der Waals surface area contributed by atoms with Crippen LogP contribution in [0.5, 0.6) is 0 Å². The number of rotatable bonds is 4. The zero-order valence-corrected chi connectivity index (χ0v) is 8.41. The minimum absolute atomic E-state index is 0.139. The Labute approximate surface area is 88.3 Å². The molecule has 0 amide bonds. The van der Waals surface area contributed by atoms with Crippen molar-refractivity contribution >= 4 is 17.3 Å². The molecule has 0 saturated carbocycles. The number of nitrogens with zero attached hydrogens (tertiary/aromatic N) is 1. The van der Waals surface area contributed by atoms with Gasteiger partial charge in [-0.2, -0.15) is 0 Å². The smallest absolute Gasteiger partial charge is 0.131 e. The average molecular weight is 210 g/mol. The molecule has 1 unspecified atom stereocenters. The fourth-order valence-electron chi connectivity index (χ4n) is 0.826. The average Bonchev–Trinajstić information content (AvgIpc) is 2.17. The molecule has 3 nitrogen and oxygen atoms in total. The van der Waals surface area contributed by atoms with E-state index in [4.69, 9.17) is 17.3 Å². The summed E-state index contributed by atoms with van der Waals surface area (Å²) in [7, 11) is 0. The van der Waals surface area contributed by atoms with E-state index in [9.17, 15) is 0 Å². The van der Waals surface area contributed by atoms with Gasteiger partial charge in [-0.15, -0.1) is 6.58 Å². The summed E-state index contributed by atoms with van der Waals surface area (Å²) in [6, 6.07) is 3.40. The zero-order chi connectivity index (χ0) is 10.4. The maximum absolute atomic E-state index is 5.70. The summed E-state index contributed by atoms with van der Waals surface area (Å²) in [5.74, 6) is 0. The van der Waals surface area contributed by atoms with Gasteiger partial charge in [0.1, 0.15) is 5.15 Å². The summed E-state index contributed by atoms with van der Waals surface area (Å²) in [5.41, 5.74) is 6.46. The van der Waals surface area contributed by atoms with Crippen LogP contribution in [0.4, 0.5) is 5.69 Å². The monoisotopic (exact) mass is 209 g/mol. The number of nitrogens with two attached hydrogens (primary N) is 1. The highest BCUT2D eigenvalue weighted by Gasteiger charge is 1.91. The number of anilines is 1. The third kappa shape index (κ3) is 3.60. The van der Waals surface area contributed by atoms with Crippen LogP contribution in [0.2, 0.25) is 5.15 Å². The van der Waals surface area contributed by atoms with Crippen molar-refractivity contribution in [2.45, 2.75) is 6.04 Å². The molecule has 14 heavy (non-hydrogen) atoms. The van der Waals surface area contributed by atoms with Gasteiger partial charge in [-0.25, -0.2) is 4.98 Å². The molecule has 4 heteroatoms. The van der Waals surface area contributed by atoms with Crippen molar-refractivity contribution < 1.29 is 0 Å². The number of hydrogen-bond acceptors (Lipinski definition) is 3. The van der Waals surface area contributed by atoms with Crippen molar-refractivity contribution in [3.8, 4) is 0 Å². The van der Waals surface area contributed by atoms with E-state index in [2.05, 4.69) is 16.9 Å². The van der Waals surface area contributed by atoms with Gasteiger partial charge in [0, 0.05) is 17.9 Å². The fourth-order valence-corrected chi connectivity index (χ4v) is 1.00. The van der Waals surface area contributed by atoms with Gasteiger partial charge in [0.05, 0.1) is 0 Å². The molecule has 1 atom stereocenters. The second kappa shape index (κ2) is 5.42. The van der Waals surface area contributed by atoms with E-state index in [1.165, 1.54) is 0 Å². The Morgan fingerprint density at radius 1 is 1.64 bits per heavy atom. The van der Waals surface area contributed by atoms with Gasteiger partial charge in [-0.1, -0.05) is 17.7 Å². The first-order chi connectivity index (χ1) is 6.72. The maximum Gasteiger partial charge on any atom is 0.131 e. The summed E-state index contributed by atoms with van der Waals surface area (Å²) in [5, 5.41) is 3.47. The lowest BCUT2D eigenvalue weighted by Gasteiger charge is -2.01. The minimum Gasteiger partial charge on any atom is -0.362 e. The van der Waals surface area contributed by atoms with Gasteiger partial charge in [0.2, 0.25) is 0 Å². The fraction of sp³-hybridized carbons (Fsp3) is 0.100. The molecule has 0 aromatic carbocycles. The van der Waals surface area contributed by atoms with E-state index >= 15 is 0 Å². The van der Waals surface area contributed by atoms with Gasteiger partial charge in [0.15, 0.2) is 0 Å². The highest BCUT2D eigenvalue weighted by Crippen LogP contribution is 2.11. The minimum atomic E-state index is -0.139. The van der Waals surface area contributed by atoms with Crippen molar-refractivity contribution in [1.82, 2.24) is 4.98 Å². The van der Waals surface area contributed by atoms with Crippen LogP contribution in [0.25, 0.3) is 0 Å². The second-order valence-corrected chi connectivity index (χ2v) is 3.07. The predicted molar refractivity (Wildman–Crippen MR) is 60.2 cm³/mol. The van der Waals surface area contributed by atoms with E-state index in [-0.39, 0.29) is 6.04 Å². The highest BCUT2D eigenvalue weighted by molar-refractivity contribution is 6.29. The Hall–Kier alpha value is -1.32. The van der Waals surface area contributed by atoms with E-state index in [1.807, 2.05) is 6.07 Å². The Kier molecular flexibility index (Phi) is 4.16. The number of pyridine rings is 1. The third-order valence-electron chi connectivity index (χ3n) is 1.57. The lowest BCUT2D eigenvalue weighted by Crippen LogP contribution is -2.12. The van der Waals surface area contributed by atoms with Gasteiger partial charge in [-0.05, 0) is 24.4 Å². The quantitative estimate of drug-likeness (QED) is 0.590. The van der Waals surface area contributed by atoms with Crippen molar-refractivity contribution in [3.05, 3.63) is 48.4 Å². The van der Waals surface area contributed by atoms with Gasteiger partial charge >= 0.3 is 0 Å². The van der Waals surface area contributed by atoms with Gasteiger partial charge in [-0.3, -0.25) is 0 Å². The maximum atomic E-state index is 5.70. The molecule has 74 valence electrons. The largest absolute Gasteiger partial charge is 0.362 e. The van der Waals surface area contributed by atoms with Crippen LogP contribution in [0.1, 0.15) is 0 Å². The molecular formula is C10H12ClN3. The van der Waals surface area contributed by atoms with E-state index in [0.717, 1.165) is 5.69 Å². The zero-order valence-electron chi connectivity index (χ0n) is 7.65. The molecule has 0 aliphatic heterocycles. The molecule has 0 spiro atoms. The number of halogens is 1. The molecule has 3 N–H and O–H groups in total.